The monoisotopic (exact) mass is 301 g/mol. The summed E-state index contributed by atoms with van der Waals surface area (Å²) in [5.74, 6) is 0. The quantitative estimate of drug-likeness (QED) is 0.760. The van der Waals surface area contributed by atoms with Crippen molar-refractivity contribution in [3.63, 3.8) is 0 Å². The topological polar surface area (TPSA) is 37.8 Å². The zero-order valence-corrected chi connectivity index (χ0v) is 13.0. The molecule has 0 unspecified atom stereocenters. The van der Waals surface area contributed by atoms with Gasteiger partial charge in [-0.05, 0) is 37.4 Å². The summed E-state index contributed by atoms with van der Waals surface area (Å²) in [5.41, 5.74) is 4.15. The summed E-state index contributed by atoms with van der Waals surface area (Å²) in [5, 5.41) is 8.35. The Hall–Kier alpha value is -1.72. The van der Waals surface area contributed by atoms with Crippen molar-refractivity contribution in [1.29, 1.82) is 0 Å². The van der Waals surface area contributed by atoms with Gasteiger partial charge in [0.1, 0.15) is 0 Å². The maximum Gasteiger partial charge on any atom is 0.183 e. The van der Waals surface area contributed by atoms with Crippen molar-refractivity contribution in [3.8, 4) is 21.8 Å². The van der Waals surface area contributed by atoms with Gasteiger partial charge in [-0.3, -0.25) is 4.98 Å². The predicted molar refractivity (Wildman–Crippen MR) is 87.6 cm³/mol. The van der Waals surface area contributed by atoms with Crippen LogP contribution >= 0.6 is 22.7 Å². The highest BCUT2D eigenvalue weighted by atomic mass is 32.1. The molecule has 3 nitrogen and oxygen atoms in total. The molecule has 0 aliphatic rings. The van der Waals surface area contributed by atoms with Crippen molar-refractivity contribution in [2.75, 3.05) is 11.9 Å². The fourth-order valence-corrected chi connectivity index (χ4v) is 3.50. The molecule has 3 heterocycles. The smallest absolute Gasteiger partial charge is 0.183 e. The van der Waals surface area contributed by atoms with E-state index in [0.717, 1.165) is 34.3 Å². The van der Waals surface area contributed by atoms with Gasteiger partial charge >= 0.3 is 0 Å². The maximum absolute atomic E-state index is 4.70. The third kappa shape index (κ3) is 2.59. The number of thiazole rings is 1. The Kier molecular flexibility index (Phi) is 3.80. The molecule has 3 aromatic heterocycles. The van der Waals surface area contributed by atoms with Gasteiger partial charge in [0, 0.05) is 23.2 Å². The summed E-state index contributed by atoms with van der Waals surface area (Å²) >= 11 is 3.34. The minimum Gasteiger partial charge on any atom is -0.362 e. The number of nitrogens with one attached hydrogen (secondary N) is 1. The van der Waals surface area contributed by atoms with Crippen LogP contribution in [0, 0.1) is 6.92 Å². The van der Waals surface area contributed by atoms with Gasteiger partial charge < -0.3 is 5.32 Å². The van der Waals surface area contributed by atoms with Gasteiger partial charge in [-0.2, -0.15) is 0 Å². The molecule has 0 bridgehead atoms. The molecule has 5 heteroatoms. The van der Waals surface area contributed by atoms with Crippen molar-refractivity contribution >= 4 is 27.8 Å². The fourth-order valence-electron chi connectivity index (χ4n) is 2.02. The van der Waals surface area contributed by atoms with Crippen molar-refractivity contribution in [3.05, 3.63) is 40.7 Å². The second-order valence-corrected chi connectivity index (χ2v) is 6.18. The summed E-state index contributed by atoms with van der Waals surface area (Å²) in [6, 6.07) is 8.33. The lowest BCUT2D eigenvalue weighted by Gasteiger charge is -2.04. The second-order valence-electron chi connectivity index (χ2n) is 4.37. The molecule has 1 N–H and O–H groups in total. The first-order valence-corrected chi connectivity index (χ1v) is 8.25. The molecule has 0 aliphatic carbocycles. The fraction of sp³-hybridized carbons (Fsp3) is 0.200. The summed E-state index contributed by atoms with van der Waals surface area (Å²) in [7, 11) is 0. The Morgan fingerprint density at radius 1 is 1.10 bits per heavy atom. The van der Waals surface area contributed by atoms with E-state index in [9.17, 15) is 0 Å². The third-order valence-corrected chi connectivity index (χ3v) is 4.66. The van der Waals surface area contributed by atoms with E-state index in [-0.39, 0.29) is 0 Å². The summed E-state index contributed by atoms with van der Waals surface area (Å²) in [4.78, 5) is 10.5. The first kappa shape index (κ1) is 13.3. The van der Waals surface area contributed by atoms with Crippen molar-refractivity contribution in [2.24, 2.45) is 0 Å². The van der Waals surface area contributed by atoms with E-state index in [2.05, 4.69) is 46.2 Å². The van der Waals surface area contributed by atoms with Gasteiger partial charge in [0.25, 0.3) is 0 Å². The standard InChI is InChI=1S/C15H15N3S2/c1-3-16-15-18-13(9-20-15)11-6-7-12(17-10(11)2)14-5-4-8-19-14/h4-9H,3H2,1-2H3,(H,16,18). The van der Waals surface area contributed by atoms with E-state index >= 15 is 0 Å². The Balaban J connectivity index is 1.94. The van der Waals surface area contributed by atoms with Crippen LogP contribution in [-0.4, -0.2) is 16.5 Å². The summed E-state index contributed by atoms with van der Waals surface area (Å²) in [6.45, 7) is 5.00. The van der Waals surface area contributed by atoms with E-state index in [0.29, 0.717) is 0 Å². The zero-order chi connectivity index (χ0) is 13.9. The number of nitrogens with zero attached hydrogens (tertiary/aromatic N) is 2. The van der Waals surface area contributed by atoms with Gasteiger partial charge in [-0.25, -0.2) is 4.98 Å². The summed E-state index contributed by atoms with van der Waals surface area (Å²) in [6.07, 6.45) is 0. The number of thiophene rings is 1. The van der Waals surface area contributed by atoms with E-state index in [1.807, 2.05) is 13.0 Å². The van der Waals surface area contributed by atoms with Crippen LogP contribution in [0.4, 0.5) is 5.13 Å². The SMILES string of the molecule is CCNc1nc(-c2ccc(-c3cccs3)nc2C)cs1. The molecule has 102 valence electrons. The van der Waals surface area contributed by atoms with Crippen LogP contribution in [0.5, 0.6) is 0 Å². The normalized spacial score (nSPS) is 10.7. The molecule has 0 fully saturated rings. The number of rotatable bonds is 4. The van der Waals surface area contributed by atoms with Crippen LogP contribution in [0.1, 0.15) is 12.6 Å². The predicted octanol–water partition coefficient (Wildman–Crippen LogP) is 4.67. The lowest BCUT2D eigenvalue weighted by atomic mass is 10.1. The average molecular weight is 301 g/mol. The Labute approximate surface area is 126 Å². The lowest BCUT2D eigenvalue weighted by Crippen LogP contribution is -1.95. The Morgan fingerprint density at radius 3 is 2.70 bits per heavy atom. The molecule has 0 saturated carbocycles. The number of anilines is 1. The van der Waals surface area contributed by atoms with Crippen LogP contribution in [0.25, 0.3) is 21.8 Å². The zero-order valence-electron chi connectivity index (χ0n) is 11.4. The second kappa shape index (κ2) is 5.73. The first-order chi connectivity index (χ1) is 9.78. The highest BCUT2D eigenvalue weighted by Gasteiger charge is 2.09. The Bertz CT molecular complexity index is 702. The van der Waals surface area contributed by atoms with Gasteiger partial charge in [-0.1, -0.05) is 6.07 Å². The minimum atomic E-state index is 0.890. The highest BCUT2D eigenvalue weighted by molar-refractivity contribution is 7.14. The van der Waals surface area contributed by atoms with Gasteiger partial charge in [0.15, 0.2) is 5.13 Å². The van der Waals surface area contributed by atoms with E-state index in [1.54, 1.807) is 22.7 Å². The van der Waals surface area contributed by atoms with Crippen molar-refractivity contribution < 1.29 is 0 Å². The molecule has 3 aromatic rings. The number of hydrogen-bond donors (Lipinski definition) is 1. The van der Waals surface area contributed by atoms with E-state index in [1.165, 1.54) is 4.88 Å². The van der Waals surface area contributed by atoms with E-state index < -0.39 is 0 Å². The number of hydrogen-bond acceptors (Lipinski definition) is 5. The van der Waals surface area contributed by atoms with Crippen LogP contribution < -0.4 is 5.32 Å². The molecule has 0 aliphatic heterocycles. The average Bonchev–Trinajstić information content (AvgIpc) is 3.10. The number of pyridine rings is 1. The maximum atomic E-state index is 4.70. The molecule has 0 amide bonds. The number of aromatic nitrogens is 2. The molecule has 0 spiro atoms. The van der Waals surface area contributed by atoms with Crippen LogP contribution in [0.15, 0.2) is 35.0 Å². The van der Waals surface area contributed by atoms with Gasteiger partial charge in [0.05, 0.1) is 16.3 Å². The van der Waals surface area contributed by atoms with E-state index in [4.69, 9.17) is 4.98 Å². The summed E-state index contributed by atoms with van der Waals surface area (Å²) < 4.78 is 0. The minimum absolute atomic E-state index is 0.890. The number of aryl methyl sites for hydroxylation is 1. The molecular weight excluding hydrogens is 286 g/mol. The van der Waals surface area contributed by atoms with Crippen LogP contribution in [0.2, 0.25) is 0 Å². The van der Waals surface area contributed by atoms with Gasteiger partial charge in [-0.15, -0.1) is 22.7 Å². The van der Waals surface area contributed by atoms with Crippen molar-refractivity contribution in [2.45, 2.75) is 13.8 Å². The Morgan fingerprint density at radius 2 is 2.00 bits per heavy atom. The molecule has 0 atom stereocenters. The molecule has 20 heavy (non-hydrogen) atoms. The van der Waals surface area contributed by atoms with Crippen molar-refractivity contribution in [1.82, 2.24) is 9.97 Å². The molecule has 0 aromatic carbocycles. The van der Waals surface area contributed by atoms with Crippen LogP contribution in [-0.2, 0) is 0 Å². The molecule has 0 saturated heterocycles. The first-order valence-electron chi connectivity index (χ1n) is 6.49. The highest BCUT2D eigenvalue weighted by Crippen LogP contribution is 2.29. The largest absolute Gasteiger partial charge is 0.362 e. The van der Waals surface area contributed by atoms with Crippen LogP contribution in [0.3, 0.4) is 0 Å². The molecule has 3 rings (SSSR count). The molecular formula is C15H15N3S2. The third-order valence-electron chi connectivity index (χ3n) is 2.97. The van der Waals surface area contributed by atoms with Gasteiger partial charge in [0.2, 0.25) is 0 Å². The molecule has 0 radical (unpaired) electrons. The lowest BCUT2D eigenvalue weighted by molar-refractivity contribution is 1.18.